The zero-order valence-corrected chi connectivity index (χ0v) is 13.1. The van der Waals surface area contributed by atoms with Gasteiger partial charge >= 0.3 is 0 Å². The molecule has 0 atom stereocenters. The summed E-state index contributed by atoms with van der Waals surface area (Å²) in [5, 5.41) is 7.60. The molecule has 1 aromatic carbocycles. The quantitative estimate of drug-likeness (QED) is 0.851. The summed E-state index contributed by atoms with van der Waals surface area (Å²) >= 11 is 0. The lowest BCUT2D eigenvalue weighted by Crippen LogP contribution is -2.41. The van der Waals surface area contributed by atoms with Crippen molar-refractivity contribution in [1.82, 2.24) is 14.5 Å². The molecular weight excluding hydrogens is 321 g/mol. The lowest BCUT2D eigenvalue weighted by Gasteiger charge is -2.31. The minimum absolute atomic E-state index is 0.0913. The van der Waals surface area contributed by atoms with Crippen LogP contribution in [0.1, 0.15) is 12.8 Å². The molecule has 1 saturated heterocycles. The first kappa shape index (κ1) is 15.8. The highest BCUT2D eigenvalue weighted by Crippen LogP contribution is 2.23. The van der Waals surface area contributed by atoms with Crippen molar-refractivity contribution in [2.24, 2.45) is 0 Å². The Bertz CT molecular complexity index is 745. The van der Waals surface area contributed by atoms with Crippen LogP contribution in [-0.4, -0.2) is 42.1 Å². The Hall–Kier alpha value is -2.06. The number of hydrogen-bond acceptors (Lipinski definition) is 5. The maximum absolute atomic E-state index is 12.9. The van der Waals surface area contributed by atoms with E-state index < -0.39 is 15.8 Å². The van der Waals surface area contributed by atoms with Crippen molar-refractivity contribution in [3.05, 3.63) is 48.4 Å². The zero-order chi connectivity index (χ0) is 16.3. The molecule has 0 bridgehead atoms. The summed E-state index contributed by atoms with van der Waals surface area (Å²) in [7, 11) is -3.59. The molecule has 1 aliphatic rings. The van der Waals surface area contributed by atoms with Gasteiger partial charge in [0.15, 0.2) is 0 Å². The number of rotatable bonds is 4. The molecule has 0 unspecified atom stereocenters. The van der Waals surface area contributed by atoms with Crippen LogP contribution in [0.25, 0.3) is 0 Å². The van der Waals surface area contributed by atoms with Crippen molar-refractivity contribution in [2.75, 3.05) is 13.1 Å². The molecule has 1 aliphatic heterocycles. The van der Waals surface area contributed by atoms with Crippen molar-refractivity contribution in [2.45, 2.75) is 23.8 Å². The Labute approximate surface area is 134 Å². The molecule has 6 nitrogen and oxygen atoms in total. The van der Waals surface area contributed by atoms with Gasteiger partial charge in [-0.25, -0.2) is 12.8 Å². The molecule has 1 fully saturated rings. The van der Waals surface area contributed by atoms with E-state index in [2.05, 4.69) is 10.2 Å². The van der Waals surface area contributed by atoms with E-state index in [0.717, 1.165) is 12.1 Å². The van der Waals surface area contributed by atoms with Crippen molar-refractivity contribution in [3.63, 3.8) is 0 Å². The molecular formula is C15H16FN3O3S. The topological polar surface area (TPSA) is 72.4 Å². The summed E-state index contributed by atoms with van der Waals surface area (Å²) in [5.41, 5.74) is 0. The zero-order valence-electron chi connectivity index (χ0n) is 12.3. The number of benzene rings is 1. The fourth-order valence-corrected chi connectivity index (χ4v) is 3.94. The van der Waals surface area contributed by atoms with Gasteiger partial charge in [-0.15, -0.1) is 5.10 Å². The Morgan fingerprint density at radius 1 is 1.13 bits per heavy atom. The number of nitrogens with zero attached hydrogens (tertiary/aromatic N) is 3. The molecule has 8 heteroatoms. The molecule has 0 amide bonds. The Kier molecular flexibility index (Phi) is 4.53. The summed E-state index contributed by atoms with van der Waals surface area (Å²) in [5.74, 6) is -0.0210. The third-order valence-electron chi connectivity index (χ3n) is 3.69. The molecule has 0 radical (unpaired) electrons. The second-order valence-corrected chi connectivity index (χ2v) is 7.18. The average Bonchev–Trinajstić information content (AvgIpc) is 2.57. The maximum atomic E-state index is 12.9. The van der Waals surface area contributed by atoms with Crippen molar-refractivity contribution < 1.29 is 17.5 Å². The highest BCUT2D eigenvalue weighted by molar-refractivity contribution is 7.89. The first-order chi connectivity index (χ1) is 11.1. The summed E-state index contributed by atoms with van der Waals surface area (Å²) < 4.78 is 45.0. The van der Waals surface area contributed by atoms with E-state index in [-0.39, 0.29) is 11.0 Å². The van der Waals surface area contributed by atoms with Crippen LogP contribution in [-0.2, 0) is 10.0 Å². The fourth-order valence-electron chi connectivity index (χ4n) is 2.47. The van der Waals surface area contributed by atoms with Crippen molar-refractivity contribution >= 4 is 10.0 Å². The third-order valence-corrected chi connectivity index (χ3v) is 5.60. The van der Waals surface area contributed by atoms with Crippen LogP contribution in [0, 0.1) is 5.82 Å². The van der Waals surface area contributed by atoms with Crippen LogP contribution in [0.3, 0.4) is 0 Å². The molecule has 3 rings (SSSR count). The predicted octanol–water partition coefficient (Wildman–Crippen LogP) is 1.85. The van der Waals surface area contributed by atoms with Gasteiger partial charge in [-0.05, 0) is 43.2 Å². The van der Waals surface area contributed by atoms with Crippen LogP contribution in [0.2, 0.25) is 0 Å². The third kappa shape index (κ3) is 3.65. The molecule has 0 spiro atoms. The lowest BCUT2D eigenvalue weighted by atomic mass is 10.1. The highest BCUT2D eigenvalue weighted by atomic mass is 32.2. The molecule has 0 N–H and O–H groups in total. The normalized spacial score (nSPS) is 17.1. The van der Waals surface area contributed by atoms with Gasteiger partial charge in [-0.2, -0.15) is 9.40 Å². The number of sulfonamides is 1. The van der Waals surface area contributed by atoms with Gasteiger partial charge < -0.3 is 4.74 Å². The smallest absolute Gasteiger partial charge is 0.243 e. The molecule has 122 valence electrons. The van der Waals surface area contributed by atoms with Gasteiger partial charge in [-0.1, -0.05) is 0 Å². The second kappa shape index (κ2) is 6.59. The molecule has 2 heterocycles. The lowest BCUT2D eigenvalue weighted by molar-refractivity contribution is 0.128. The molecule has 2 aromatic rings. The number of ether oxygens (including phenoxy) is 1. The van der Waals surface area contributed by atoms with Crippen molar-refractivity contribution in [1.29, 1.82) is 0 Å². The van der Waals surface area contributed by atoms with Gasteiger partial charge in [0.2, 0.25) is 15.9 Å². The SMILES string of the molecule is O=S(=O)(c1ccc(F)cc1)N1CCC(Oc2cccnn2)CC1. The Morgan fingerprint density at radius 3 is 2.43 bits per heavy atom. The maximum Gasteiger partial charge on any atom is 0.243 e. The molecule has 1 aromatic heterocycles. The van der Waals surface area contributed by atoms with Crippen LogP contribution in [0.4, 0.5) is 4.39 Å². The van der Waals surface area contributed by atoms with Gasteiger partial charge in [0, 0.05) is 25.4 Å². The summed E-state index contributed by atoms with van der Waals surface area (Å²) in [6.07, 6.45) is 2.60. The van der Waals surface area contributed by atoms with Crippen LogP contribution < -0.4 is 4.74 Å². The van der Waals surface area contributed by atoms with E-state index in [4.69, 9.17) is 4.74 Å². The summed E-state index contributed by atoms with van der Waals surface area (Å²) in [6.45, 7) is 0.704. The molecule has 0 saturated carbocycles. The molecule has 23 heavy (non-hydrogen) atoms. The van der Waals surface area contributed by atoms with Crippen LogP contribution >= 0.6 is 0 Å². The first-order valence-electron chi connectivity index (χ1n) is 7.26. The van der Waals surface area contributed by atoms with Crippen LogP contribution in [0.15, 0.2) is 47.5 Å². The number of aromatic nitrogens is 2. The average molecular weight is 337 g/mol. The van der Waals surface area contributed by atoms with Gasteiger partial charge in [-0.3, -0.25) is 0 Å². The minimum Gasteiger partial charge on any atom is -0.473 e. The van der Waals surface area contributed by atoms with Crippen molar-refractivity contribution in [3.8, 4) is 5.88 Å². The molecule has 0 aliphatic carbocycles. The highest BCUT2D eigenvalue weighted by Gasteiger charge is 2.30. The van der Waals surface area contributed by atoms with E-state index in [1.807, 2.05) is 0 Å². The largest absolute Gasteiger partial charge is 0.473 e. The summed E-state index contributed by atoms with van der Waals surface area (Å²) in [4.78, 5) is 0.104. The van der Waals surface area contributed by atoms with E-state index in [1.165, 1.54) is 16.4 Å². The second-order valence-electron chi connectivity index (χ2n) is 5.24. The van der Waals surface area contributed by atoms with Gasteiger partial charge in [0.05, 0.1) is 4.90 Å². The van der Waals surface area contributed by atoms with E-state index in [9.17, 15) is 12.8 Å². The minimum atomic E-state index is -3.59. The van der Waals surface area contributed by atoms with Gasteiger partial charge in [0.1, 0.15) is 11.9 Å². The number of piperidine rings is 1. The monoisotopic (exact) mass is 337 g/mol. The van der Waals surface area contributed by atoms with Crippen LogP contribution in [0.5, 0.6) is 5.88 Å². The first-order valence-corrected chi connectivity index (χ1v) is 8.70. The number of halogens is 1. The predicted molar refractivity (Wildman–Crippen MR) is 80.8 cm³/mol. The Balaban J connectivity index is 1.63. The fraction of sp³-hybridized carbons (Fsp3) is 0.333. The van der Waals surface area contributed by atoms with E-state index in [1.54, 1.807) is 18.3 Å². The van der Waals surface area contributed by atoms with E-state index in [0.29, 0.717) is 31.8 Å². The van der Waals surface area contributed by atoms with Gasteiger partial charge in [0.25, 0.3) is 0 Å². The summed E-state index contributed by atoms with van der Waals surface area (Å²) in [6, 6.07) is 8.32. The standard InChI is InChI=1S/C15H16FN3O3S/c16-12-3-5-14(6-4-12)23(20,21)19-10-7-13(8-11-19)22-15-2-1-9-17-18-15/h1-6,9,13H,7-8,10-11H2. The Morgan fingerprint density at radius 2 is 1.83 bits per heavy atom. The number of hydrogen-bond donors (Lipinski definition) is 0. The van der Waals surface area contributed by atoms with E-state index >= 15 is 0 Å².